The molecule has 132 valence electrons. The van der Waals surface area contributed by atoms with E-state index in [2.05, 4.69) is 10.3 Å². The lowest BCUT2D eigenvalue weighted by atomic mass is 10.1. The van der Waals surface area contributed by atoms with Gasteiger partial charge >= 0.3 is 0 Å². The van der Waals surface area contributed by atoms with Crippen LogP contribution < -0.4 is 5.32 Å². The quantitative estimate of drug-likeness (QED) is 0.472. The number of thiophene rings is 1. The van der Waals surface area contributed by atoms with Gasteiger partial charge in [-0.2, -0.15) is 0 Å². The number of carbonyl (C=O) groups excluding carboxylic acids is 1. The Kier molecular flexibility index (Phi) is 4.62. The minimum absolute atomic E-state index is 0.152. The maximum atomic E-state index is 14.2. The van der Waals surface area contributed by atoms with Crippen LogP contribution in [0.2, 0.25) is 5.02 Å². The summed E-state index contributed by atoms with van der Waals surface area (Å²) in [5, 5.41) is 4.31. The third-order valence-corrected chi connectivity index (χ3v) is 6.19. The van der Waals surface area contributed by atoms with Crippen LogP contribution in [0.25, 0.3) is 20.3 Å². The van der Waals surface area contributed by atoms with Crippen LogP contribution in [0.5, 0.6) is 0 Å². The molecule has 0 radical (unpaired) electrons. The largest absolute Gasteiger partial charge is 0.380 e. The molecule has 0 unspecified atom stereocenters. The zero-order valence-corrected chi connectivity index (χ0v) is 15.9. The average molecular weight is 407 g/mol. The maximum Gasteiger partial charge on any atom is 0.267 e. The Morgan fingerprint density at radius 3 is 2.92 bits per heavy atom. The summed E-state index contributed by atoms with van der Waals surface area (Å²) in [5.41, 5.74) is 1.31. The SMILES string of the molecule is COCc1c(C(=O)Nc2nc3ccc(Cl)cc3s2)sc2cccc(F)c12. The molecule has 1 N–H and O–H groups in total. The third-order valence-electron chi connectivity index (χ3n) is 3.83. The van der Waals surface area contributed by atoms with E-state index in [0.717, 1.165) is 10.2 Å². The molecule has 2 heterocycles. The molecule has 26 heavy (non-hydrogen) atoms. The highest BCUT2D eigenvalue weighted by atomic mass is 35.5. The van der Waals surface area contributed by atoms with Gasteiger partial charge in [0.2, 0.25) is 0 Å². The van der Waals surface area contributed by atoms with Crippen LogP contribution in [-0.4, -0.2) is 18.0 Å². The number of nitrogens with one attached hydrogen (secondary N) is 1. The summed E-state index contributed by atoms with van der Waals surface area (Å²) in [6.45, 7) is 0.152. The van der Waals surface area contributed by atoms with Crippen molar-refractivity contribution in [3.8, 4) is 0 Å². The second-order valence-corrected chi connectivity index (χ2v) is 8.06. The van der Waals surface area contributed by atoms with Gasteiger partial charge in [0, 0.05) is 27.8 Å². The highest BCUT2D eigenvalue weighted by Crippen LogP contribution is 2.35. The van der Waals surface area contributed by atoms with E-state index in [-0.39, 0.29) is 18.3 Å². The smallest absolute Gasteiger partial charge is 0.267 e. The first-order valence-corrected chi connectivity index (χ1v) is 9.64. The van der Waals surface area contributed by atoms with Crippen LogP contribution in [0.3, 0.4) is 0 Å². The Hall–Kier alpha value is -2.06. The Bertz CT molecular complexity index is 1140. The fraction of sp³-hybridized carbons (Fsp3) is 0.111. The van der Waals surface area contributed by atoms with Crippen molar-refractivity contribution in [1.82, 2.24) is 4.98 Å². The zero-order chi connectivity index (χ0) is 18.3. The van der Waals surface area contributed by atoms with E-state index in [0.29, 0.717) is 30.7 Å². The summed E-state index contributed by atoms with van der Waals surface area (Å²) >= 11 is 8.56. The Morgan fingerprint density at radius 2 is 2.12 bits per heavy atom. The molecule has 0 atom stereocenters. The van der Waals surface area contributed by atoms with Crippen LogP contribution in [-0.2, 0) is 11.3 Å². The summed E-state index contributed by atoms with van der Waals surface area (Å²) in [7, 11) is 1.52. The van der Waals surface area contributed by atoms with Gasteiger partial charge in [-0.3, -0.25) is 10.1 Å². The molecular weight excluding hydrogens is 395 g/mol. The molecule has 2 aromatic heterocycles. The van der Waals surface area contributed by atoms with E-state index >= 15 is 0 Å². The molecule has 0 aliphatic rings. The van der Waals surface area contributed by atoms with Gasteiger partial charge < -0.3 is 4.74 Å². The fourth-order valence-electron chi connectivity index (χ4n) is 2.74. The summed E-state index contributed by atoms with van der Waals surface area (Å²) in [5.74, 6) is -0.692. The standard InChI is InChI=1S/C18H12ClFN2O2S2/c1-24-8-10-15-11(20)3-2-4-13(15)25-16(10)17(23)22-18-21-12-6-5-9(19)7-14(12)26-18/h2-7H,8H2,1H3,(H,21,22,23). The van der Waals surface area contributed by atoms with Gasteiger partial charge in [-0.15, -0.1) is 11.3 Å². The van der Waals surface area contributed by atoms with Gasteiger partial charge in [-0.1, -0.05) is 29.0 Å². The number of nitrogens with zero attached hydrogens (tertiary/aromatic N) is 1. The minimum Gasteiger partial charge on any atom is -0.380 e. The number of methoxy groups -OCH3 is 1. The molecule has 2 aromatic carbocycles. The molecule has 0 aliphatic heterocycles. The molecule has 4 rings (SSSR count). The average Bonchev–Trinajstić information content (AvgIpc) is 3.16. The number of amides is 1. The van der Waals surface area contributed by atoms with E-state index in [4.69, 9.17) is 16.3 Å². The lowest BCUT2D eigenvalue weighted by molar-refractivity contribution is 0.102. The number of rotatable bonds is 4. The van der Waals surface area contributed by atoms with E-state index in [1.807, 2.05) is 0 Å². The predicted molar refractivity (Wildman–Crippen MR) is 105 cm³/mol. The van der Waals surface area contributed by atoms with Crippen LogP contribution in [0.4, 0.5) is 9.52 Å². The van der Waals surface area contributed by atoms with Crippen molar-refractivity contribution in [3.63, 3.8) is 0 Å². The highest BCUT2D eigenvalue weighted by Gasteiger charge is 2.21. The third kappa shape index (κ3) is 3.07. The number of fused-ring (bicyclic) bond motifs is 2. The van der Waals surface area contributed by atoms with Gasteiger partial charge in [-0.25, -0.2) is 9.37 Å². The number of ether oxygens (including phenoxy) is 1. The van der Waals surface area contributed by atoms with Crippen molar-refractivity contribution in [2.75, 3.05) is 12.4 Å². The lowest BCUT2D eigenvalue weighted by Crippen LogP contribution is -2.12. The summed E-state index contributed by atoms with van der Waals surface area (Å²) in [6.07, 6.45) is 0. The predicted octanol–water partition coefficient (Wildman–Crippen LogP) is 5.70. The Morgan fingerprint density at radius 1 is 1.27 bits per heavy atom. The van der Waals surface area contributed by atoms with E-state index < -0.39 is 0 Å². The Balaban J connectivity index is 1.73. The fourth-order valence-corrected chi connectivity index (χ4v) is 4.99. The van der Waals surface area contributed by atoms with Crippen LogP contribution in [0.1, 0.15) is 15.2 Å². The first kappa shape index (κ1) is 17.4. The van der Waals surface area contributed by atoms with Gasteiger partial charge in [-0.05, 0) is 30.3 Å². The van der Waals surface area contributed by atoms with Gasteiger partial charge in [0.25, 0.3) is 5.91 Å². The van der Waals surface area contributed by atoms with E-state index in [9.17, 15) is 9.18 Å². The molecule has 0 saturated carbocycles. The molecule has 4 aromatic rings. The molecule has 0 fully saturated rings. The number of benzene rings is 2. The molecule has 0 spiro atoms. The van der Waals surface area contributed by atoms with Crippen molar-refractivity contribution >= 4 is 65.6 Å². The molecular formula is C18H12ClFN2O2S2. The second-order valence-electron chi connectivity index (χ2n) is 5.54. The van der Waals surface area contributed by atoms with Gasteiger partial charge in [0.15, 0.2) is 5.13 Å². The second kappa shape index (κ2) is 6.92. The molecule has 0 saturated heterocycles. The van der Waals surface area contributed by atoms with Crippen molar-refractivity contribution in [1.29, 1.82) is 0 Å². The summed E-state index contributed by atoms with van der Waals surface area (Å²) in [4.78, 5) is 17.6. The van der Waals surface area contributed by atoms with E-state index in [1.165, 1.54) is 35.8 Å². The van der Waals surface area contributed by atoms with Crippen molar-refractivity contribution < 1.29 is 13.9 Å². The number of hydrogen-bond acceptors (Lipinski definition) is 5. The number of carbonyl (C=O) groups is 1. The maximum absolute atomic E-state index is 14.2. The molecule has 8 heteroatoms. The monoisotopic (exact) mass is 406 g/mol. The summed E-state index contributed by atoms with van der Waals surface area (Å²) in [6, 6.07) is 10.2. The number of halogens is 2. The molecule has 0 bridgehead atoms. The zero-order valence-electron chi connectivity index (χ0n) is 13.5. The number of thiazole rings is 1. The molecule has 0 aliphatic carbocycles. The van der Waals surface area contributed by atoms with Crippen molar-refractivity contribution in [2.45, 2.75) is 6.61 Å². The molecule has 4 nitrogen and oxygen atoms in total. The lowest BCUT2D eigenvalue weighted by Gasteiger charge is -2.04. The van der Waals surface area contributed by atoms with Crippen molar-refractivity contribution in [2.24, 2.45) is 0 Å². The van der Waals surface area contributed by atoms with Gasteiger partial charge in [0.05, 0.1) is 21.7 Å². The number of aromatic nitrogens is 1. The topological polar surface area (TPSA) is 51.2 Å². The van der Waals surface area contributed by atoms with Gasteiger partial charge in [0.1, 0.15) is 5.82 Å². The normalized spacial score (nSPS) is 11.3. The molecule has 1 amide bonds. The number of anilines is 1. The van der Waals surface area contributed by atoms with E-state index in [1.54, 1.807) is 30.3 Å². The summed E-state index contributed by atoms with van der Waals surface area (Å²) < 4.78 is 21.0. The van der Waals surface area contributed by atoms with Crippen LogP contribution in [0.15, 0.2) is 36.4 Å². The van der Waals surface area contributed by atoms with Crippen molar-refractivity contribution in [3.05, 3.63) is 57.7 Å². The van der Waals surface area contributed by atoms with Crippen LogP contribution in [0, 0.1) is 5.82 Å². The highest BCUT2D eigenvalue weighted by molar-refractivity contribution is 7.23. The number of hydrogen-bond donors (Lipinski definition) is 1. The Labute approximate surface area is 161 Å². The van der Waals surface area contributed by atoms with Crippen LogP contribution >= 0.6 is 34.3 Å². The minimum atomic E-state index is -0.362. The first-order chi connectivity index (χ1) is 12.6. The first-order valence-electron chi connectivity index (χ1n) is 7.63.